The number of nitrogens with zero attached hydrogens (tertiary/aromatic N) is 2. The molecule has 1 saturated carbocycles. The van der Waals surface area contributed by atoms with Gasteiger partial charge in [0.25, 0.3) is 5.91 Å². The first-order valence-electron chi connectivity index (χ1n) is 13.4. The molecule has 3 heterocycles. The number of likely N-dealkylation sites (tertiary alicyclic amines) is 2. The molecule has 1 aromatic heterocycles. The molecule has 2 aliphatic heterocycles. The Morgan fingerprint density at radius 2 is 1.64 bits per heavy atom. The van der Waals surface area contributed by atoms with Gasteiger partial charge in [0.1, 0.15) is 5.58 Å². The Labute approximate surface area is 211 Å². The maximum absolute atomic E-state index is 13.3. The zero-order valence-electron chi connectivity index (χ0n) is 20.7. The molecule has 3 fully saturated rings. The normalized spacial score (nSPS) is 22.4. The van der Waals surface area contributed by atoms with Gasteiger partial charge in [-0.05, 0) is 80.2 Å². The van der Waals surface area contributed by atoms with Gasteiger partial charge >= 0.3 is 0 Å². The Bertz CT molecular complexity index is 1250. The van der Waals surface area contributed by atoms with Crippen molar-refractivity contribution in [2.75, 3.05) is 26.2 Å². The maximum Gasteiger partial charge on any atom is 0.289 e. The maximum atomic E-state index is 13.3. The summed E-state index contributed by atoms with van der Waals surface area (Å²) in [6.07, 6.45) is 6.07. The van der Waals surface area contributed by atoms with Crippen LogP contribution in [0.5, 0.6) is 0 Å². The fourth-order valence-electron chi connectivity index (χ4n) is 5.93. The van der Waals surface area contributed by atoms with Crippen molar-refractivity contribution in [2.24, 2.45) is 5.92 Å². The lowest BCUT2D eigenvalue weighted by Gasteiger charge is -2.38. The molecule has 6 rings (SSSR count). The molecule has 3 aliphatic rings. The summed E-state index contributed by atoms with van der Waals surface area (Å²) in [5.41, 5.74) is 1.87. The number of amides is 2. The summed E-state index contributed by atoms with van der Waals surface area (Å²) in [4.78, 5) is 29.5. The molecule has 1 aliphatic carbocycles. The van der Waals surface area contributed by atoms with Gasteiger partial charge in [-0.3, -0.25) is 9.59 Å². The Hall–Kier alpha value is -3.12. The zero-order valence-corrected chi connectivity index (χ0v) is 20.7. The van der Waals surface area contributed by atoms with E-state index in [9.17, 15) is 14.7 Å². The number of furan rings is 1. The van der Waals surface area contributed by atoms with E-state index in [2.05, 4.69) is 24.3 Å². The minimum atomic E-state index is -0.965. The summed E-state index contributed by atoms with van der Waals surface area (Å²) >= 11 is 0. The zero-order chi connectivity index (χ0) is 24.7. The van der Waals surface area contributed by atoms with Gasteiger partial charge in [-0.1, -0.05) is 36.4 Å². The Morgan fingerprint density at radius 3 is 2.39 bits per heavy atom. The molecule has 6 heteroatoms. The van der Waals surface area contributed by atoms with Crippen LogP contribution >= 0.6 is 0 Å². The molecule has 2 aromatic carbocycles. The second-order valence-corrected chi connectivity index (χ2v) is 10.8. The molecule has 6 nitrogen and oxygen atoms in total. The van der Waals surface area contributed by atoms with E-state index < -0.39 is 5.60 Å². The lowest BCUT2D eigenvalue weighted by atomic mass is 9.84. The average molecular weight is 487 g/mol. The van der Waals surface area contributed by atoms with Gasteiger partial charge in [0, 0.05) is 37.5 Å². The van der Waals surface area contributed by atoms with Crippen LogP contribution in [-0.2, 0) is 10.4 Å². The third-order valence-electron chi connectivity index (χ3n) is 8.38. The van der Waals surface area contributed by atoms with Crippen LogP contribution in [0.15, 0.2) is 59.0 Å². The number of carbonyl (C=O) groups is 2. The van der Waals surface area contributed by atoms with E-state index in [1.165, 1.54) is 5.56 Å². The lowest BCUT2D eigenvalue weighted by molar-refractivity contribution is -0.137. The van der Waals surface area contributed by atoms with Gasteiger partial charge in [-0.15, -0.1) is 0 Å². The van der Waals surface area contributed by atoms with Gasteiger partial charge < -0.3 is 19.3 Å². The molecule has 3 aromatic rings. The van der Waals surface area contributed by atoms with Gasteiger partial charge in [0.15, 0.2) is 5.76 Å². The molecule has 0 bridgehead atoms. The minimum absolute atomic E-state index is 0.0629. The number of fused-ring (bicyclic) bond motifs is 1. The first-order valence-corrected chi connectivity index (χ1v) is 13.4. The molecule has 0 radical (unpaired) electrons. The molecular formula is C30H34N2O4. The van der Waals surface area contributed by atoms with Crippen molar-refractivity contribution in [1.82, 2.24) is 9.80 Å². The van der Waals surface area contributed by atoms with Crippen molar-refractivity contribution in [2.45, 2.75) is 56.5 Å². The van der Waals surface area contributed by atoms with Crippen molar-refractivity contribution in [3.63, 3.8) is 0 Å². The van der Waals surface area contributed by atoms with E-state index in [0.717, 1.165) is 56.1 Å². The Kier molecular flexibility index (Phi) is 6.08. The number of aliphatic hydroxyl groups is 1. The number of piperidine rings is 1. The summed E-state index contributed by atoms with van der Waals surface area (Å²) in [6.45, 7) is 2.62. The summed E-state index contributed by atoms with van der Waals surface area (Å²) in [7, 11) is 0. The van der Waals surface area contributed by atoms with Crippen molar-refractivity contribution in [3.8, 4) is 0 Å². The van der Waals surface area contributed by atoms with Gasteiger partial charge in [0.2, 0.25) is 5.91 Å². The monoisotopic (exact) mass is 486 g/mol. The van der Waals surface area contributed by atoms with Crippen LogP contribution in [0.2, 0.25) is 0 Å². The Balaban J connectivity index is 1.14. The molecule has 2 saturated heterocycles. The highest BCUT2D eigenvalue weighted by molar-refractivity contribution is 5.96. The highest BCUT2D eigenvalue weighted by Gasteiger charge is 2.39. The number of hydrogen-bond acceptors (Lipinski definition) is 4. The van der Waals surface area contributed by atoms with Crippen molar-refractivity contribution >= 4 is 22.8 Å². The summed E-state index contributed by atoms with van der Waals surface area (Å²) < 4.78 is 5.97. The third kappa shape index (κ3) is 4.55. The molecule has 36 heavy (non-hydrogen) atoms. The van der Waals surface area contributed by atoms with E-state index in [0.29, 0.717) is 43.2 Å². The van der Waals surface area contributed by atoms with E-state index in [4.69, 9.17) is 4.42 Å². The van der Waals surface area contributed by atoms with Crippen LogP contribution < -0.4 is 0 Å². The van der Waals surface area contributed by atoms with Crippen LogP contribution in [0.4, 0.5) is 0 Å². The number of rotatable bonds is 4. The smallest absolute Gasteiger partial charge is 0.289 e. The minimum Gasteiger partial charge on any atom is -0.451 e. The molecular weight excluding hydrogens is 452 g/mol. The van der Waals surface area contributed by atoms with Crippen molar-refractivity contribution in [1.29, 1.82) is 0 Å². The SMILES string of the molecule is O=C(c1cc2cc(C3(O)CCN(C(=O)C4CC4)CC3)ccc2o1)N1CCCC(c2ccccc2)CC1. The van der Waals surface area contributed by atoms with Crippen molar-refractivity contribution in [3.05, 3.63) is 71.5 Å². The second-order valence-electron chi connectivity index (χ2n) is 10.8. The molecule has 1 unspecified atom stereocenters. The third-order valence-corrected chi connectivity index (χ3v) is 8.38. The van der Waals surface area contributed by atoms with Crippen LogP contribution in [0.3, 0.4) is 0 Å². The molecule has 188 valence electrons. The summed E-state index contributed by atoms with van der Waals surface area (Å²) in [6, 6.07) is 18.1. The van der Waals surface area contributed by atoms with Gasteiger partial charge in [0.05, 0.1) is 5.60 Å². The first-order chi connectivity index (χ1) is 17.5. The van der Waals surface area contributed by atoms with Crippen molar-refractivity contribution < 1.29 is 19.1 Å². The molecule has 0 spiro atoms. The first kappa shape index (κ1) is 23.3. The predicted octanol–water partition coefficient (Wildman–Crippen LogP) is 5.06. The van der Waals surface area contributed by atoms with E-state index in [1.807, 2.05) is 40.1 Å². The molecule has 1 atom stereocenters. The van der Waals surface area contributed by atoms with Crippen LogP contribution in [0.1, 0.15) is 72.5 Å². The number of hydrogen-bond donors (Lipinski definition) is 1. The largest absolute Gasteiger partial charge is 0.451 e. The van der Waals surface area contributed by atoms with Gasteiger partial charge in [-0.2, -0.15) is 0 Å². The highest BCUT2D eigenvalue weighted by atomic mass is 16.3. The number of benzene rings is 2. The lowest BCUT2D eigenvalue weighted by Crippen LogP contribution is -2.45. The number of carbonyl (C=O) groups excluding carboxylic acids is 2. The second kappa shape index (κ2) is 9.40. The molecule has 1 N–H and O–H groups in total. The standard InChI is InChI=1S/C30H34N2O4/c33-28(23-8-9-23)32-17-13-30(35,14-18-32)25-10-11-26-24(19-25)20-27(36-26)29(34)31-15-4-7-22(12-16-31)21-5-2-1-3-6-21/h1-3,5-6,10-11,19-20,22-23,35H,4,7-9,12-18H2. The summed E-state index contributed by atoms with van der Waals surface area (Å²) in [5, 5.41) is 12.2. The summed E-state index contributed by atoms with van der Waals surface area (Å²) in [5.74, 6) is 1.23. The van der Waals surface area contributed by atoms with E-state index in [-0.39, 0.29) is 17.7 Å². The van der Waals surface area contributed by atoms with Crippen LogP contribution in [-0.4, -0.2) is 52.9 Å². The predicted molar refractivity (Wildman–Crippen MR) is 138 cm³/mol. The van der Waals surface area contributed by atoms with E-state index >= 15 is 0 Å². The highest BCUT2D eigenvalue weighted by Crippen LogP contribution is 2.38. The van der Waals surface area contributed by atoms with Crippen LogP contribution in [0.25, 0.3) is 11.0 Å². The quantitative estimate of drug-likeness (QED) is 0.559. The van der Waals surface area contributed by atoms with Gasteiger partial charge in [-0.25, -0.2) is 0 Å². The fourth-order valence-corrected chi connectivity index (χ4v) is 5.93. The fraction of sp³-hybridized carbons (Fsp3) is 0.467. The average Bonchev–Trinajstić information content (AvgIpc) is 3.71. The Morgan fingerprint density at radius 1 is 0.861 bits per heavy atom. The van der Waals surface area contributed by atoms with E-state index in [1.54, 1.807) is 0 Å². The topological polar surface area (TPSA) is 74.0 Å². The van der Waals surface area contributed by atoms with Crippen LogP contribution in [0, 0.1) is 5.92 Å². The molecule has 2 amide bonds.